The third kappa shape index (κ3) is 4.03. The van der Waals surface area contributed by atoms with E-state index in [0.29, 0.717) is 12.3 Å². The Kier molecular flexibility index (Phi) is 4.86. The monoisotopic (exact) mass is 258 g/mol. The second-order valence-corrected chi connectivity index (χ2v) is 4.32. The zero-order valence-corrected chi connectivity index (χ0v) is 11.0. The number of aliphatic hydroxyl groups is 1. The lowest BCUT2D eigenvalue weighted by atomic mass is 10.1. The minimum Gasteiger partial charge on any atom is -0.439 e. The molecule has 1 heterocycles. The second-order valence-electron chi connectivity index (χ2n) is 4.32. The molecule has 0 saturated heterocycles. The Morgan fingerprint density at radius 2 is 1.89 bits per heavy atom. The standard InChI is InChI=1S/C15H18N2O2/c1-2-3-13-10-15(17-11-16-13)19-14-6-4-12(5-7-14)8-9-18/h4-7,10-11,18H,2-3,8-9H2,1H3. The fraction of sp³-hybridized carbons (Fsp3) is 0.333. The highest BCUT2D eigenvalue weighted by molar-refractivity contribution is 5.30. The first-order chi connectivity index (χ1) is 9.31. The second kappa shape index (κ2) is 6.85. The van der Waals surface area contributed by atoms with Crippen LogP contribution >= 0.6 is 0 Å². The zero-order chi connectivity index (χ0) is 13.5. The first-order valence-corrected chi connectivity index (χ1v) is 6.50. The van der Waals surface area contributed by atoms with E-state index in [2.05, 4.69) is 16.9 Å². The molecule has 100 valence electrons. The largest absolute Gasteiger partial charge is 0.439 e. The van der Waals surface area contributed by atoms with Crippen molar-refractivity contribution in [2.75, 3.05) is 6.61 Å². The van der Waals surface area contributed by atoms with Crippen LogP contribution in [0.2, 0.25) is 0 Å². The van der Waals surface area contributed by atoms with E-state index in [0.717, 1.165) is 29.8 Å². The SMILES string of the molecule is CCCc1cc(Oc2ccc(CCO)cc2)ncn1. The molecule has 0 bridgehead atoms. The Morgan fingerprint density at radius 1 is 1.11 bits per heavy atom. The molecule has 2 aromatic rings. The minimum atomic E-state index is 0.159. The summed E-state index contributed by atoms with van der Waals surface area (Å²) in [5.41, 5.74) is 2.08. The molecule has 0 amide bonds. The summed E-state index contributed by atoms with van der Waals surface area (Å²) in [5, 5.41) is 8.86. The lowest BCUT2D eigenvalue weighted by molar-refractivity contribution is 0.299. The first kappa shape index (κ1) is 13.5. The quantitative estimate of drug-likeness (QED) is 0.865. The van der Waals surface area contributed by atoms with E-state index in [1.165, 1.54) is 6.33 Å². The van der Waals surface area contributed by atoms with Crippen molar-refractivity contribution in [3.8, 4) is 11.6 Å². The summed E-state index contributed by atoms with van der Waals surface area (Å²) in [6, 6.07) is 9.52. The maximum Gasteiger partial charge on any atom is 0.222 e. The Morgan fingerprint density at radius 3 is 2.58 bits per heavy atom. The molecule has 1 aromatic heterocycles. The van der Waals surface area contributed by atoms with Gasteiger partial charge in [0.15, 0.2) is 0 Å². The van der Waals surface area contributed by atoms with Gasteiger partial charge in [0.2, 0.25) is 5.88 Å². The third-order valence-electron chi connectivity index (χ3n) is 2.75. The van der Waals surface area contributed by atoms with Crippen LogP contribution < -0.4 is 4.74 Å². The molecule has 2 rings (SSSR count). The van der Waals surface area contributed by atoms with Crippen LogP contribution in [0.5, 0.6) is 11.6 Å². The molecule has 0 saturated carbocycles. The smallest absolute Gasteiger partial charge is 0.222 e. The molecule has 0 aliphatic heterocycles. The number of hydrogen-bond acceptors (Lipinski definition) is 4. The number of aliphatic hydroxyl groups excluding tert-OH is 1. The number of benzene rings is 1. The molecule has 0 aliphatic carbocycles. The van der Waals surface area contributed by atoms with Crippen LogP contribution in [0.1, 0.15) is 24.6 Å². The van der Waals surface area contributed by atoms with Crippen molar-refractivity contribution >= 4 is 0 Å². The Bertz CT molecular complexity index is 512. The van der Waals surface area contributed by atoms with E-state index in [9.17, 15) is 0 Å². The molecular formula is C15H18N2O2. The molecule has 0 aliphatic rings. The molecule has 0 atom stereocenters. The van der Waals surface area contributed by atoms with Gasteiger partial charge in [-0.1, -0.05) is 25.5 Å². The Labute approximate surface area is 113 Å². The van der Waals surface area contributed by atoms with Gasteiger partial charge in [0.1, 0.15) is 12.1 Å². The fourth-order valence-electron chi connectivity index (χ4n) is 1.80. The van der Waals surface area contributed by atoms with E-state index in [4.69, 9.17) is 9.84 Å². The predicted octanol–water partition coefficient (Wildman–Crippen LogP) is 2.76. The average Bonchev–Trinajstić information content (AvgIpc) is 2.42. The van der Waals surface area contributed by atoms with Crippen molar-refractivity contribution in [1.29, 1.82) is 0 Å². The van der Waals surface area contributed by atoms with Crippen LogP contribution in [-0.4, -0.2) is 21.7 Å². The van der Waals surface area contributed by atoms with Gasteiger partial charge in [-0.3, -0.25) is 0 Å². The van der Waals surface area contributed by atoms with Crippen LogP contribution in [0.3, 0.4) is 0 Å². The number of aromatic nitrogens is 2. The summed E-state index contributed by atoms with van der Waals surface area (Å²) in [6.07, 6.45) is 4.16. The molecule has 0 fully saturated rings. The minimum absolute atomic E-state index is 0.159. The average molecular weight is 258 g/mol. The van der Waals surface area contributed by atoms with Crippen molar-refractivity contribution in [1.82, 2.24) is 9.97 Å². The number of aryl methyl sites for hydroxylation is 1. The molecular weight excluding hydrogens is 240 g/mol. The summed E-state index contributed by atoms with van der Waals surface area (Å²) in [7, 11) is 0. The van der Waals surface area contributed by atoms with Crippen molar-refractivity contribution in [2.24, 2.45) is 0 Å². The van der Waals surface area contributed by atoms with E-state index >= 15 is 0 Å². The molecule has 19 heavy (non-hydrogen) atoms. The van der Waals surface area contributed by atoms with Gasteiger partial charge >= 0.3 is 0 Å². The van der Waals surface area contributed by atoms with Gasteiger partial charge in [0.05, 0.1) is 0 Å². The van der Waals surface area contributed by atoms with Gasteiger partial charge in [0, 0.05) is 18.4 Å². The molecule has 0 unspecified atom stereocenters. The van der Waals surface area contributed by atoms with Crippen LogP contribution in [0.15, 0.2) is 36.7 Å². The molecule has 1 N–H and O–H groups in total. The molecule has 4 heteroatoms. The van der Waals surface area contributed by atoms with Crippen LogP contribution in [0, 0.1) is 0 Å². The van der Waals surface area contributed by atoms with Gasteiger partial charge in [-0.05, 0) is 30.5 Å². The van der Waals surface area contributed by atoms with Crippen molar-refractivity contribution < 1.29 is 9.84 Å². The van der Waals surface area contributed by atoms with E-state index in [1.54, 1.807) is 0 Å². The summed E-state index contributed by atoms with van der Waals surface area (Å²) >= 11 is 0. The maximum absolute atomic E-state index is 8.86. The lowest BCUT2D eigenvalue weighted by Crippen LogP contribution is -1.94. The highest BCUT2D eigenvalue weighted by Gasteiger charge is 2.01. The van der Waals surface area contributed by atoms with Gasteiger partial charge in [-0.25, -0.2) is 9.97 Å². The zero-order valence-electron chi connectivity index (χ0n) is 11.0. The first-order valence-electron chi connectivity index (χ1n) is 6.50. The molecule has 1 aromatic carbocycles. The van der Waals surface area contributed by atoms with Crippen LogP contribution in [0.4, 0.5) is 0 Å². The van der Waals surface area contributed by atoms with E-state index < -0.39 is 0 Å². The van der Waals surface area contributed by atoms with Crippen molar-refractivity contribution in [3.05, 3.63) is 47.9 Å². The number of ether oxygens (including phenoxy) is 1. The molecule has 0 radical (unpaired) electrons. The summed E-state index contributed by atoms with van der Waals surface area (Å²) in [6.45, 7) is 2.27. The van der Waals surface area contributed by atoms with Gasteiger partial charge < -0.3 is 9.84 Å². The molecule has 0 spiro atoms. The Hall–Kier alpha value is -1.94. The molecule has 4 nitrogen and oxygen atoms in total. The number of rotatable bonds is 6. The third-order valence-corrected chi connectivity index (χ3v) is 2.75. The fourth-order valence-corrected chi connectivity index (χ4v) is 1.80. The van der Waals surface area contributed by atoms with E-state index in [1.807, 2.05) is 30.3 Å². The number of hydrogen-bond donors (Lipinski definition) is 1. The summed E-state index contributed by atoms with van der Waals surface area (Å²) in [4.78, 5) is 8.29. The normalized spacial score (nSPS) is 10.4. The van der Waals surface area contributed by atoms with Gasteiger partial charge in [-0.15, -0.1) is 0 Å². The highest BCUT2D eigenvalue weighted by atomic mass is 16.5. The van der Waals surface area contributed by atoms with Crippen LogP contribution in [0.25, 0.3) is 0 Å². The predicted molar refractivity (Wildman–Crippen MR) is 73.3 cm³/mol. The van der Waals surface area contributed by atoms with E-state index in [-0.39, 0.29) is 6.61 Å². The summed E-state index contributed by atoms with van der Waals surface area (Å²) < 4.78 is 5.68. The van der Waals surface area contributed by atoms with Crippen molar-refractivity contribution in [2.45, 2.75) is 26.2 Å². The van der Waals surface area contributed by atoms with Gasteiger partial charge in [0.25, 0.3) is 0 Å². The highest BCUT2D eigenvalue weighted by Crippen LogP contribution is 2.20. The van der Waals surface area contributed by atoms with Crippen LogP contribution in [-0.2, 0) is 12.8 Å². The van der Waals surface area contributed by atoms with Crippen molar-refractivity contribution in [3.63, 3.8) is 0 Å². The topological polar surface area (TPSA) is 55.2 Å². The summed E-state index contributed by atoms with van der Waals surface area (Å²) in [5.74, 6) is 1.30. The Balaban J connectivity index is 2.05. The van der Waals surface area contributed by atoms with Gasteiger partial charge in [-0.2, -0.15) is 0 Å². The lowest BCUT2D eigenvalue weighted by Gasteiger charge is -2.06. The number of nitrogens with zero attached hydrogens (tertiary/aromatic N) is 2. The maximum atomic E-state index is 8.86.